The molecule has 6 aromatic heterocycles. The Kier molecular flexibility index (Phi) is 17.7. The molecule has 0 aromatic carbocycles. The number of hydrogen-bond donors (Lipinski definition) is 2. The Morgan fingerprint density at radius 1 is 0.458 bits per heavy atom. The summed E-state index contributed by atoms with van der Waals surface area (Å²) in [6.45, 7) is 13.7. The summed E-state index contributed by atoms with van der Waals surface area (Å²) in [5.74, 6) is -2.85. The van der Waals surface area contributed by atoms with Crippen molar-refractivity contribution in [1.29, 1.82) is 0 Å². The molecule has 0 fully saturated rings. The molecule has 0 aliphatic rings. The fraction of sp³-hybridized carbons (Fsp3) is 0.333. The average molecular weight is 977 g/mol. The highest BCUT2D eigenvalue weighted by atomic mass is 16.6. The summed E-state index contributed by atoms with van der Waals surface area (Å²) in [4.78, 5) is 109. The highest BCUT2D eigenvalue weighted by molar-refractivity contribution is 5.96. The van der Waals surface area contributed by atoms with Gasteiger partial charge in [0, 0.05) is 74.5 Å². The third-order valence-corrected chi connectivity index (χ3v) is 10.5. The monoisotopic (exact) mass is 976 g/mol. The molecule has 6 rings (SSSR count). The molecule has 0 atom stereocenters. The Hall–Kier alpha value is -8.28. The zero-order valence-electron chi connectivity index (χ0n) is 41.9. The van der Waals surface area contributed by atoms with Crippen LogP contribution in [-0.2, 0) is 41.5 Å². The van der Waals surface area contributed by atoms with Crippen molar-refractivity contribution in [3.63, 3.8) is 0 Å². The van der Waals surface area contributed by atoms with Crippen LogP contribution in [0.2, 0.25) is 0 Å². The normalized spacial score (nSPS) is 11.3. The number of carbonyl (C=O) groups excluding carboxylic acids is 6. The van der Waals surface area contributed by atoms with Gasteiger partial charge in [-0.2, -0.15) is 0 Å². The Labute approximate surface area is 419 Å². The van der Waals surface area contributed by atoms with E-state index in [9.17, 15) is 28.8 Å². The minimum atomic E-state index is -0.777. The zero-order chi connectivity index (χ0) is 52.0. The second-order valence-corrected chi connectivity index (χ2v) is 19.1. The van der Waals surface area contributed by atoms with Crippen molar-refractivity contribution >= 4 is 35.6 Å². The maximum atomic E-state index is 13.7. The molecular formula is C54H60N10O8. The summed E-state index contributed by atoms with van der Waals surface area (Å²) in [7, 11) is 0. The van der Waals surface area contributed by atoms with E-state index in [1.807, 2.05) is 38.1 Å². The molecule has 18 nitrogen and oxygen atoms in total. The van der Waals surface area contributed by atoms with Crippen molar-refractivity contribution in [1.82, 2.24) is 50.3 Å². The molecule has 374 valence electrons. The van der Waals surface area contributed by atoms with Crippen LogP contribution in [0.1, 0.15) is 84.5 Å². The zero-order valence-corrected chi connectivity index (χ0v) is 41.9. The van der Waals surface area contributed by atoms with E-state index in [0.717, 1.165) is 11.1 Å². The molecule has 0 saturated heterocycles. The highest BCUT2D eigenvalue weighted by Gasteiger charge is 2.25. The van der Waals surface area contributed by atoms with Gasteiger partial charge >= 0.3 is 11.9 Å². The standard InChI is InChI=1S/C54H60N10O8/c1-35-9-15-55-41(25-35)43-27-37(11-17-57-43)29-47(65)63(33-49(67)71-53(3,4)5)23-21-61-51(69)39-13-19-59-45(31-39)46-32-40(14-20-60-46)52(70)62-22-24-64(34-50(68)72-54(6,7)8)48(66)30-38-12-18-58-44(28-38)42-26-36(2)10-16-56-42/h9-20,25-28,31-32H,21-24,29-30,33-34H2,1-8H3,(H,61,69)(H,62,70). The van der Waals surface area contributed by atoms with Gasteiger partial charge in [0.05, 0.1) is 47.0 Å². The molecule has 2 N–H and O–H groups in total. The number of rotatable bonds is 19. The van der Waals surface area contributed by atoms with Crippen LogP contribution < -0.4 is 10.6 Å². The molecular weight excluding hydrogens is 917 g/mol. The predicted octanol–water partition coefficient (Wildman–Crippen LogP) is 5.96. The Morgan fingerprint density at radius 2 is 0.778 bits per heavy atom. The van der Waals surface area contributed by atoms with Gasteiger partial charge in [-0.25, -0.2) is 0 Å². The summed E-state index contributed by atoms with van der Waals surface area (Å²) >= 11 is 0. The quantitative estimate of drug-likeness (QED) is 0.0893. The van der Waals surface area contributed by atoms with E-state index >= 15 is 0 Å². The third-order valence-electron chi connectivity index (χ3n) is 10.5. The van der Waals surface area contributed by atoms with E-state index in [-0.39, 0.29) is 75.1 Å². The molecule has 0 spiro atoms. The van der Waals surface area contributed by atoms with Crippen molar-refractivity contribution in [2.45, 2.75) is 79.4 Å². The molecule has 6 aromatic rings. The van der Waals surface area contributed by atoms with E-state index in [1.54, 1.807) is 90.6 Å². The van der Waals surface area contributed by atoms with Crippen LogP contribution in [0.3, 0.4) is 0 Å². The number of amides is 4. The SMILES string of the molecule is Cc1ccnc(-c2cc(CC(=O)N(CCNC(=O)c3ccnc(-c4cc(C(=O)NCCN(CC(=O)OC(C)(C)C)C(=O)Cc5ccnc(-c6cc(C)ccn6)c5)ccn4)c3)CC(=O)OC(C)(C)C)ccn2)c1. The number of nitrogens with zero attached hydrogens (tertiary/aromatic N) is 8. The van der Waals surface area contributed by atoms with Gasteiger partial charge in [0.1, 0.15) is 24.3 Å². The summed E-state index contributed by atoms with van der Waals surface area (Å²) in [5, 5.41) is 5.65. The van der Waals surface area contributed by atoms with Gasteiger partial charge in [0.2, 0.25) is 11.8 Å². The maximum Gasteiger partial charge on any atom is 0.326 e. The van der Waals surface area contributed by atoms with Crippen molar-refractivity contribution < 1.29 is 38.2 Å². The Bertz CT molecular complexity index is 2730. The molecule has 72 heavy (non-hydrogen) atoms. The lowest BCUT2D eigenvalue weighted by Gasteiger charge is -2.25. The molecule has 0 saturated carbocycles. The van der Waals surface area contributed by atoms with Crippen molar-refractivity contribution in [3.8, 4) is 34.2 Å². The molecule has 18 heteroatoms. The van der Waals surface area contributed by atoms with Crippen LogP contribution in [-0.4, -0.2) is 126 Å². The summed E-state index contributed by atoms with van der Waals surface area (Å²) in [6.07, 6.45) is 9.40. The van der Waals surface area contributed by atoms with Crippen molar-refractivity contribution in [3.05, 3.63) is 143 Å². The number of nitrogens with one attached hydrogen (secondary N) is 2. The lowest BCUT2D eigenvalue weighted by Crippen LogP contribution is -2.43. The highest BCUT2D eigenvalue weighted by Crippen LogP contribution is 2.21. The number of carbonyl (C=O) groups is 6. The molecule has 0 aliphatic carbocycles. The minimum absolute atomic E-state index is 0.00276. The van der Waals surface area contributed by atoms with E-state index in [1.165, 1.54) is 46.5 Å². The van der Waals surface area contributed by atoms with Gasteiger partial charge in [0.25, 0.3) is 11.8 Å². The second kappa shape index (κ2) is 24.0. The fourth-order valence-electron chi connectivity index (χ4n) is 7.25. The topological polar surface area (TPSA) is 229 Å². The first-order valence-corrected chi connectivity index (χ1v) is 23.4. The van der Waals surface area contributed by atoms with E-state index < -0.39 is 35.0 Å². The van der Waals surface area contributed by atoms with Gasteiger partial charge < -0.3 is 29.9 Å². The van der Waals surface area contributed by atoms with Crippen LogP contribution in [0.15, 0.2) is 110 Å². The first-order valence-electron chi connectivity index (χ1n) is 23.4. The van der Waals surface area contributed by atoms with Gasteiger partial charge in [-0.1, -0.05) is 0 Å². The Balaban J connectivity index is 1.07. The lowest BCUT2D eigenvalue weighted by atomic mass is 10.1. The fourth-order valence-corrected chi connectivity index (χ4v) is 7.25. The van der Waals surface area contributed by atoms with Crippen LogP contribution in [0, 0.1) is 13.8 Å². The van der Waals surface area contributed by atoms with Crippen molar-refractivity contribution in [2.75, 3.05) is 39.3 Å². The van der Waals surface area contributed by atoms with Crippen molar-refractivity contribution in [2.24, 2.45) is 0 Å². The first kappa shape index (κ1) is 53.1. The lowest BCUT2D eigenvalue weighted by molar-refractivity contribution is -0.159. The average Bonchev–Trinajstić information content (AvgIpc) is 3.32. The second-order valence-electron chi connectivity index (χ2n) is 19.1. The smallest absolute Gasteiger partial charge is 0.326 e. The molecule has 6 heterocycles. The van der Waals surface area contributed by atoms with Crippen LogP contribution >= 0.6 is 0 Å². The largest absolute Gasteiger partial charge is 0.459 e. The molecule has 0 bridgehead atoms. The number of aryl methyl sites for hydroxylation is 2. The molecule has 0 aliphatic heterocycles. The molecule has 0 radical (unpaired) electrons. The minimum Gasteiger partial charge on any atom is -0.459 e. The first-order chi connectivity index (χ1) is 34.2. The maximum absolute atomic E-state index is 13.7. The summed E-state index contributed by atoms with van der Waals surface area (Å²) in [5.41, 5.74) is 5.44. The van der Waals surface area contributed by atoms with E-state index in [4.69, 9.17) is 9.47 Å². The number of aromatic nitrogens is 6. The summed E-state index contributed by atoms with van der Waals surface area (Å²) in [6, 6.07) is 20.7. The summed E-state index contributed by atoms with van der Waals surface area (Å²) < 4.78 is 11.0. The van der Waals surface area contributed by atoms with E-state index in [0.29, 0.717) is 45.3 Å². The molecule has 0 unspecified atom stereocenters. The van der Waals surface area contributed by atoms with Crippen LogP contribution in [0.4, 0.5) is 0 Å². The van der Waals surface area contributed by atoms with E-state index in [2.05, 4.69) is 40.5 Å². The van der Waals surface area contributed by atoms with Gasteiger partial charge in [-0.05, 0) is 150 Å². The van der Waals surface area contributed by atoms with Gasteiger partial charge in [-0.3, -0.25) is 58.7 Å². The van der Waals surface area contributed by atoms with Crippen LogP contribution in [0.25, 0.3) is 34.2 Å². The van der Waals surface area contributed by atoms with Crippen LogP contribution in [0.5, 0.6) is 0 Å². The number of hydrogen-bond acceptors (Lipinski definition) is 14. The predicted molar refractivity (Wildman–Crippen MR) is 269 cm³/mol. The number of ether oxygens (including phenoxy) is 2. The number of pyridine rings is 6. The van der Waals surface area contributed by atoms with Gasteiger partial charge in [-0.15, -0.1) is 0 Å². The third kappa shape index (κ3) is 16.4. The number of esters is 2. The van der Waals surface area contributed by atoms with Gasteiger partial charge in [0.15, 0.2) is 0 Å². The molecule has 4 amide bonds. The Morgan fingerprint density at radius 3 is 1.12 bits per heavy atom.